The predicted octanol–water partition coefficient (Wildman–Crippen LogP) is 3.26. The van der Waals surface area contributed by atoms with Gasteiger partial charge in [-0.25, -0.2) is 0 Å². The molecule has 5 heteroatoms. The first-order chi connectivity index (χ1) is 8.49. The van der Waals surface area contributed by atoms with E-state index in [9.17, 15) is 10.1 Å². The smallest absolute Gasteiger partial charge is 0.273 e. The molecule has 0 spiro atoms. The molecule has 5 nitrogen and oxygen atoms in total. The second kappa shape index (κ2) is 6.23. The second-order valence-electron chi connectivity index (χ2n) is 4.41. The number of benzene rings is 1. The average molecular weight is 251 g/mol. The molecule has 0 atom stereocenters. The fraction of sp³-hybridized carbons (Fsp3) is 0.538. The number of hydrogen-bond donors (Lipinski definition) is 1. The predicted molar refractivity (Wildman–Crippen MR) is 75.4 cm³/mol. The molecule has 1 aromatic rings. The minimum Gasteiger partial charge on any atom is -0.385 e. The van der Waals surface area contributed by atoms with E-state index in [-0.39, 0.29) is 10.6 Å². The van der Waals surface area contributed by atoms with E-state index in [1.54, 1.807) is 12.1 Å². The molecule has 0 saturated heterocycles. The molecule has 0 aliphatic rings. The quantitative estimate of drug-likeness (QED) is 0.622. The highest BCUT2D eigenvalue weighted by Gasteiger charge is 2.15. The van der Waals surface area contributed by atoms with Crippen molar-refractivity contribution in [1.29, 1.82) is 0 Å². The van der Waals surface area contributed by atoms with Gasteiger partial charge in [0.25, 0.3) is 5.69 Å². The van der Waals surface area contributed by atoms with Gasteiger partial charge in [0.05, 0.1) is 4.92 Å². The number of nitrogens with zero attached hydrogens (tertiary/aromatic N) is 2. The molecule has 18 heavy (non-hydrogen) atoms. The minimum absolute atomic E-state index is 0.127. The van der Waals surface area contributed by atoms with Crippen LogP contribution >= 0.6 is 0 Å². The van der Waals surface area contributed by atoms with Crippen molar-refractivity contribution >= 4 is 17.1 Å². The number of hydrogen-bond acceptors (Lipinski definition) is 4. The van der Waals surface area contributed by atoms with Gasteiger partial charge in [0.1, 0.15) is 0 Å². The van der Waals surface area contributed by atoms with Crippen LogP contribution in [0.25, 0.3) is 0 Å². The Morgan fingerprint density at radius 3 is 2.44 bits per heavy atom. The lowest BCUT2D eigenvalue weighted by Gasteiger charge is -2.27. The molecule has 0 fully saturated rings. The van der Waals surface area contributed by atoms with Crippen molar-refractivity contribution in [2.24, 2.45) is 0 Å². The third-order valence-electron chi connectivity index (χ3n) is 2.79. The zero-order valence-electron chi connectivity index (χ0n) is 11.4. The molecule has 0 bridgehead atoms. The molecule has 0 aliphatic heterocycles. The molecule has 0 saturated carbocycles. The van der Waals surface area contributed by atoms with Crippen LogP contribution in [0.4, 0.5) is 17.1 Å². The molecule has 0 unspecified atom stereocenters. The third kappa shape index (κ3) is 3.35. The first-order valence-electron chi connectivity index (χ1n) is 6.29. The van der Waals surface area contributed by atoms with Crippen molar-refractivity contribution in [2.45, 2.75) is 33.7 Å². The van der Waals surface area contributed by atoms with E-state index >= 15 is 0 Å². The summed E-state index contributed by atoms with van der Waals surface area (Å²) in [6.45, 7) is 9.74. The molecule has 0 aromatic heterocycles. The van der Waals surface area contributed by atoms with Crippen LogP contribution in [0.5, 0.6) is 0 Å². The van der Waals surface area contributed by atoms with E-state index in [0.29, 0.717) is 6.04 Å². The fourth-order valence-corrected chi connectivity index (χ4v) is 2.02. The van der Waals surface area contributed by atoms with E-state index in [1.165, 1.54) is 0 Å². The summed E-state index contributed by atoms with van der Waals surface area (Å²) in [5, 5.41) is 14.1. The molecule has 0 heterocycles. The van der Waals surface area contributed by atoms with Crippen molar-refractivity contribution < 1.29 is 4.92 Å². The second-order valence-corrected chi connectivity index (χ2v) is 4.41. The number of anilines is 2. The van der Waals surface area contributed by atoms with Gasteiger partial charge >= 0.3 is 0 Å². The van der Waals surface area contributed by atoms with E-state index < -0.39 is 0 Å². The molecule has 0 aliphatic carbocycles. The van der Waals surface area contributed by atoms with Gasteiger partial charge in [-0.15, -0.1) is 0 Å². The molecule has 1 N–H and O–H groups in total. The van der Waals surface area contributed by atoms with Gasteiger partial charge in [-0.3, -0.25) is 10.1 Å². The average Bonchev–Trinajstić information content (AvgIpc) is 2.29. The van der Waals surface area contributed by atoms with Crippen molar-refractivity contribution in [3.63, 3.8) is 0 Å². The van der Waals surface area contributed by atoms with Crippen LogP contribution in [-0.4, -0.2) is 24.1 Å². The fourth-order valence-electron chi connectivity index (χ4n) is 2.02. The number of nitro groups is 1. The number of non-ortho nitro benzene ring substituents is 1. The van der Waals surface area contributed by atoms with Crippen LogP contribution in [0.1, 0.15) is 27.7 Å². The topological polar surface area (TPSA) is 58.4 Å². The lowest BCUT2D eigenvalue weighted by Crippen LogP contribution is -2.30. The lowest BCUT2D eigenvalue weighted by atomic mass is 10.2. The first kappa shape index (κ1) is 14.3. The van der Waals surface area contributed by atoms with E-state index in [2.05, 4.69) is 24.1 Å². The number of nitrogens with one attached hydrogen (secondary N) is 1. The number of rotatable bonds is 6. The van der Waals surface area contributed by atoms with E-state index in [4.69, 9.17) is 0 Å². The zero-order valence-corrected chi connectivity index (χ0v) is 11.4. The normalized spacial score (nSPS) is 10.5. The Kier molecular flexibility index (Phi) is 4.95. The summed E-state index contributed by atoms with van der Waals surface area (Å²) in [5.74, 6) is 0. The highest BCUT2D eigenvalue weighted by Crippen LogP contribution is 2.28. The van der Waals surface area contributed by atoms with Crippen LogP contribution in [0, 0.1) is 10.1 Å². The summed E-state index contributed by atoms with van der Waals surface area (Å²) in [6.07, 6.45) is 0. The maximum absolute atomic E-state index is 10.9. The Bertz CT molecular complexity index is 419. The largest absolute Gasteiger partial charge is 0.385 e. The van der Waals surface area contributed by atoms with Crippen LogP contribution < -0.4 is 10.2 Å². The Balaban J connectivity index is 3.20. The van der Waals surface area contributed by atoms with Crippen LogP contribution in [0.3, 0.4) is 0 Å². The van der Waals surface area contributed by atoms with Gasteiger partial charge in [-0.1, -0.05) is 0 Å². The van der Waals surface area contributed by atoms with Gasteiger partial charge in [-0.05, 0) is 33.8 Å². The summed E-state index contributed by atoms with van der Waals surface area (Å²) in [5.41, 5.74) is 1.81. The molecular weight excluding hydrogens is 230 g/mol. The van der Waals surface area contributed by atoms with E-state index in [1.807, 2.05) is 19.9 Å². The van der Waals surface area contributed by atoms with Crippen molar-refractivity contribution in [1.82, 2.24) is 0 Å². The van der Waals surface area contributed by atoms with E-state index in [0.717, 1.165) is 24.5 Å². The molecule has 0 radical (unpaired) electrons. The van der Waals surface area contributed by atoms with Crippen LogP contribution in [0.15, 0.2) is 18.2 Å². The molecule has 0 amide bonds. The monoisotopic (exact) mass is 251 g/mol. The lowest BCUT2D eigenvalue weighted by molar-refractivity contribution is -0.384. The first-order valence-corrected chi connectivity index (χ1v) is 6.29. The minimum atomic E-state index is -0.349. The third-order valence-corrected chi connectivity index (χ3v) is 2.79. The SMILES string of the molecule is CCNc1cc(N(CC)C(C)C)cc([N+](=O)[O-])c1. The molecular formula is C13H21N3O2. The molecule has 1 aromatic carbocycles. The van der Waals surface area contributed by atoms with Crippen molar-refractivity contribution in [3.8, 4) is 0 Å². The van der Waals surface area contributed by atoms with Gasteiger partial charge in [0.2, 0.25) is 0 Å². The summed E-state index contributed by atoms with van der Waals surface area (Å²) < 4.78 is 0. The maximum Gasteiger partial charge on any atom is 0.273 e. The Labute approximate surface area is 108 Å². The maximum atomic E-state index is 10.9. The zero-order chi connectivity index (χ0) is 13.7. The summed E-state index contributed by atoms with van der Waals surface area (Å²) in [4.78, 5) is 12.7. The Hall–Kier alpha value is -1.78. The summed E-state index contributed by atoms with van der Waals surface area (Å²) >= 11 is 0. The van der Waals surface area contributed by atoms with Crippen LogP contribution in [-0.2, 0) is 0 Å². The highest BCUT2D eigenvalue weighted by atomic mass is 16.6. The summed E-state index contributed by atoms with van der Waals surface area (Å²) in [6, 6.07) is 5.47. The number of nitro benzene ring substituents is 1. The van der Waals surface area contributed by atoms with Crippen molar-refractivity contribution in [2.75, 3.05) is 23.3 Å². The van der Waals surface area contributed by atoms with Gasteiger partial charge in [0, 0.05) is 42.6 Å². The Morgan fingerprint density at radius 1 is 1.33 bits per heavy atom. The van der Waals surface area contributed by atoms with Gasteiger partial charge < -0.3 is 10.2 Å². The van der Waals surface area contributed by atoms with Crippen molar-refractivity contribution in [3.05, 3.63) is 28.3 Å². The standard InChI is InChI=1S/C13H21N3O2/c1-5-14-11-7-12(15(6-2)10(3)4)9-13(8-11)16(17)18/h7-10,14H,5-6H2,1-4H3. The molecule has 1 rings (SSSR count). The summed E-state index contributed by atoms with van der Waals surface area (Å²) in [7, 11) is 0. The van der Waals surface area contributed by atoms with Crippen LogP contribution in [0.2, 0.25) is 0 Å². The Morgan fingerprint density at radius 2 is 2.00 bits per heavy atom. The highest BCUT2D eigenvalue weighted by molar-refractivity contribution is 5.64. The van der Waals surface area contributed by atoms with Gasteiger partial charge in [0.15, 0.2) is 0 Å². The molecule has 100 valence electrons. The van der Waals surface area contributed by atoms with Gasteiger partial charge in [-0.2, -0.15) is 0 Å².